The number of amides is 2. The minimum atomic E-state index is -0.277. The summed E-state index contributed by atoms with van der Waals surface area (Å²) in [5.74, 6) is 1.98. The molecule has 3 aromatic carbocycles. The molecule has 1 aliphatic heterocycles. The minimum absolute atomic E-state index is 0.131. The van der Waals surface area contributed by atoms with Crippen molar-refractivity contribution < 1.29 is 19.0 Å². The summed E-state index contributed by atoms with van der Waals surface area (Å²) >= 11 is 0. The molecule has 0 atom stereocenters. The summed E-state index contributed by atoms with van der Waals surface area (Å²) in [7, 11) is 1.58. The molecule has 0 saturated heterocycles. The number of ether oxygens (including phenoxy) is 3. The predicted octanol–water partition coefficient (Wildman–Crippen LogP) is 4.18. The molecule has 178 valence electrons. The first-order valence-corrected chi connectivity index (χ1v) is 11.2. The van der Waals surface area contributed by atoms with Crippen LogP contribution in [0.1, 0.15) is 16.7 Å². The normalized spacial score (nSPS) is 11.9. The van der Waals surface area contributed by atoms with Crippen LogP contribution in [-0.2, 0) is 19.6 Å². The smallest absolute Gasteiger partial charge is 0.318 e. The lowest BCUT2D eigenvalue weighted by Crippen LogP contribution is -2.39. The third-order valence-electron chi connectivity index (χ3n) is 5.88. The summed E-state index contributed by atoms with van der Waals surface area (Å²) < 4.78 is 16.1. The average Bonchev–Trinajstić information content (AvgIpc) is 3.35. The number of aromatic amines is 1. The van der Waals surface area contributed by atoms with Crippen molar-refractivity contribution in [1.29, 1.82) is 0 Å². The Morgan fingerprint density at radius 1 is 0.971 bits per heavy atom. The van der Waals surface area contributed by atoms with Crippen LogP contribution >= 0.6 is 0 Å². The molecule has 0 saturated carbocycles. The topological polar surface area (TPSA) is 92.9 Å². The summed E-state index contributed by atoms with van der Waals surface area (Å²) in [4.78, 5) is 30.6. The molecule has 1 aromatic heterocycles. The van der Waals surface area contributed by atoms with Crippen molar-refractivity contribution in [2.45, 2.75) is 19.6 Å². The van der Waals surface area contributed by atoms with Gasteiger partial charge in [0.1, 0.15) is 5.75 Å². The quantitative estimate of drug-likeness (QED) is 0.422. The monoisotopic (exact) mass is 471 g/mol. The Hall–Kier alpha value is -4.46. The van der Waals surface area contributed by atoms with Gasteiger partial charge in [-0.05, 0) is 46.8 Å². The highest BCUT2D eigenvalue weighted by Gasteiger charge is 2.19. The second-order valence-electron chi connectivity index (χ2n) is 8.26. The molecule has 8 heteroatoms. The molecular formula is C27H25N3O5. The van der Waals surface area contributed by atoms with Crippen LogP contribution in [0.15, 0.2) is 77.6 Å². The maximum Gasteiger partial charge on any atom is 0.318 e. The Bertz CT molecular complexity index is 1420. The summed E-state index contributed by atoms with van der Waals surface area (Å²) in [6.07, 6.45) is 0. The van der Waals surface area contributed by atoms with Crippen molar-refractivity contribution in [1.82, 2.24) is 15.2 Å². The van der Waals surface area contributed by atoms with Gasteiger partial charge in [-0.25, -0.2) is 4.79 Å². The van der Waals surface area contributed by atoms with Gasteiger partial charge in [0.15, 0.2) is 11.5 Å². The average molecular weight is 472 g/mol. The van der Waals surface area contributed by atoms with E-state index >= 15 is 0 Å². The van der Waals surface area contributed by atoms with Crippen LogP contribution in [0.2, 0.25) is 0 Å². The zero-order valence-electron chi connectivity index (χ0n) is 19.2. The Morgan fingerprint density at radius 2 is 1.80 bits per heavy atom. The van der Waals surface area contributed by atoms with E-state index in [-0.39, 0.29) is 31.5 Å². The fourth-order valence-electron chi connectivity index (χ4n) is 4.02. The van der Waals surface area contributed by atoms with E-state index in [1.807, 2.05) is 66.7 Å². The van der Waals surface area contributed by atoms with Gasteiger partial charge in [0.2, 0.25) is 6.79 Å². The van der Waals surface area contributed by atoms with Crippen molar-refractivity contribution in [2.24, 2.45) is 0 Å². The zero-order chi connectivity index (χ0) is 24.2. The Morgan fingerprint density at radius 3 is 2.63 bits per heavy atom. The van der Waals surface area contributed by atoms with Crippen LogP contribution in [0.4, 0.5) is 4.79 Å². The van der Waals surface area contributed by atoms with Crippen molar-refractivity contribution in [3.8, 4) is 17.2 Å². The highest BCUT2D eigenvalue weighted by Crippen LogP contribution is 2.33. The number of hydrogen-bond acceptors (Lipinski definition) is 5. The summed E-state index contributed by atoms with van der Waals surface area (Å²) in [5.41, 5.74) is 2.76. The Balaban J connectivity index is 1.41. The largest absolute Gasteiger partial charge is 0.497 e. The third-order valence-corrected chi connectivity index (χ3v) is 5.88. The highest BCUT2D eigenvalue weighted by atomic mass is 16.7. The number of nitrogens with one attached hydrogen (secondary N) is 2. The lowest BCUT2D eigenvalue weighted by molar-refractivity contribution is 0.173. The second kappa shape index (κ2) is 9.80. The van der Waals surface area contributed by atoms with E-state index in [0.717, 1.165) is 16.5 Å². The molecule has 35 heavy (non-hydrogen) atoms. The fraction of sp³-hybridized carbons (Fsp3) is 0.185. The second-order valence-corrected chi connectivity index (χ2v) is 8.26. The van der Waals surface area contributed by atoms with E-state index in [1.54, 1.807) is 18.1 Å². The van der Waals surface area contributed by atoms with E-state index in [9.17, 15) is 9.59 Å². The van der Waals surface area contributed by atoms with Crippen molar-refractivity contribution in [2.75, 3.05) is 13.9 Å². The molecule has 5 rings (SSSR count). The van der Waals surface area contributed by atoms with Gasteiger partial charge in [0.05, 0.1) is 19.2 Å². The molecule has 0 unspecified atom stereocenters. The molecule has 1 aliphatic rings. The molecule has 0 spiro atoms. The van der Waals surface area contributed by atoms with Crippen molar-refractivity contribution >= 4 is 16.9 Å². The molecule has 2 amide bonds. The Labute approximate surface area is 202 Å². The van der Waals surface area contributed by atoms with Crippen LogP contribution in [0.25, 0.3) is 10.9 Å². The number of benzene rings is 3. The molecule has 0 aliphatic carbocycles. The van der Waals surface area contributed by atoms with E-state index in [1.165, 1.54) is 0 Å². The van der Waals surface area contributed by atoms with Crippen LogP contribution < -0.4 is 25.1 Å². The van der Waals surface area contributed by atoms with E-state index in [2.05, 4.69) is 10.3 Å². The standard InChI is InChI=1S/C27H25N3O5/c1-33-22-9-8-20-12-21(26(31)29-23(20)13-22)16-30(27(32)28-14-18-5-3-2-4-6-18)15-19-7-10-24-25(11-19)35-17-34-24/h2-13H,14-17H2,1H3,(H,28,32)(H,29,31). The number of aromatic nitrogens is 1. The molecule has 0 bridgehead atoms. The van der Waals surface area contributed by atoms with Crippen molar-refractivity contribution in [3.05, 3.63) is 99.8 Å². The number of urea groups is 1. The van der Waals surface area contributed by atoms with E-state index < -0.39 is 0 Å². The summed E-state index contributed by atoms with van der Waals surface area (Å²) in [5, 5.41) is 3.82. The SMILES string of the molecule is COc1ccc2cc(CN(Cc3ccc4c(c3)OCO4)C(=O)NCc3ccccc3)c(=O)[nH]c2c1. The molecule has 0 radical (unpaired) electrons. The lowest BCUT2D eigenvalue weighted by Gasteiger charge is -2.23. The number of carbonyl (C=O) groups excluding carboxylic acids is 1. The first-order chi connectivity index (χ1) is 17.1. The number of fused-ring (bicyclic) bond motifs is 2. The van der Waals surface area contributed by atoms with Gasteiger partial charge in [0.25, 0.3) is 5.56 Å². The van der Waals surface area contributed by atoms with Gasteiger partial charge in [-0.2, -0.15) is 0 Å². The minimum Gasteiger partial charge on any atom is -0.497 e. The van der Waals surface area contributed by atoms with Gasteiger partial charge in [0, 0.05) is 24.7 Å². The Kier molecular flexibility index (Phi) is 6.26. The third kappa shape index (κ3) is 5.06. The summed E-state index contributed by atoms with van der Waals surface area (Å²) in [6.45, 7) is 0.978. The highest BCUT2D eigenvalue weighted by molar-refractivity contribution is 5.80. The molecular weight excluding hydrogens is 446 g/mol. The number of hydrogen-bond donors (Lipinski definition) is 2. The van der Waals surface area contributed by atoms with Crippen LogP contribution in [0.5, 0.6) is 17.2 Å². The maximum absolute atomic E-state index is 13.2. The molecule has 0 fully saturated rings. The van der Waals surface area contributed by atoms with Crippen LogP contribution in [-0.4, -0.2) is 29.8 Å². The maximum atomic E-state index is 13.2. The van der Waals surface area contributed by atoms with Gasteiger partial charge in [-0.1, -0.05) is 36.4 Å². The first-order valence-electron chi connectivity index (χ1n) is 11.2. The van der Waals surface area contributed by atoms with Crippen LogP contribution in [0, 0.1) is 0 Å². The first kappa shape index (κ1) is 22.3. The number of methoxy groups -OCH3 is 1. The summed E-state index contributed by atoms with van der Waals surface area (Å²) in [6, 6.07) is 22.3. The number of rotatable bonds is 7. The molecule has 8 nitrogen and oxygen atoms in total. The number of pyridine rings is 1. The zero-order valence-corrected chi connectivity index (χ0v) is 19.2. The fourth-order valence-corrected chi connectivity index (χ4v) is 4.02. The van der Waals surface area contributed by atoms with E-state index in [0.29, 0.717) is 34.9 Å². The van der Waals surface area contributed by atoms with Gasteiger partial charge in [-0.15, -0.1) is 0 Å². The number of H-pyrrole nitrogens is 1. The lowest BCUT2D eigenvalue weighted by atomic mass is 10.1. The van der Waals surface area contributed by atoms with E-state index in [4.69, 9.17) is 14.2 Å². The number of carbonyl (C=O) groups is 1. The van der Waals surface area contributed by atoms with Gasteiger partial charge < -0.3 is 29.4 Å². The molecule has 2 N–H and O–H groups in total. The van der Waals surface area contributed by atoms with Crippen molar-refractivity contribution in [3.63, 3.8) is 0 Å². The number of nitrogens with zero attached hydrogens (tertiary/aromatic N) is 1. The van der Waals surface area contributed by atoms with Gasteiger partial charge in [-0.3, -0.25) is 4.79 Å². The molecule has 2 heterocycles. The van der Waals surface area contributed by atoms with Gasteiger partial charge >= 0.3 is 6.03 Å². The molecule has 4 aromatic rings. The predicted molar refractivity (Wildman–Crippen MR) is 132 cm³/mol. The van der Waals surface area contributed by atoms with Crippen LogP contribution in [0.3, 0.4) is 0 Å².